The van der Waals surface area contributed by atoms with Gasteiger partial charge in [0.1, 0.15) is 0 Å². The Balaban J connectivity index is 2.28. The fourth-order valence-electron chi connectivity index (χ4n) is 2.84. The van der Waals surface area contributed by atoms with Crippen molar-refractivity contribution >= 4 is 0 Å². The predicted octanol–water partition coefficient (Wildman–Crippen LogP) is 1.11. The van der Waals surface area contributed by atoms with Gasteiger partial charge in [0, 0.05) is 42.9 Å². The molecule has 0 bridgehead atoms. The maximum atomic E-state index is 9.62. The lowest BCUT2D eigenvalue weighted by atomic mass is 9.60. The summed E-state index contributed by atoms with van der Waals surface area (Å²) in [5, 5.41) is 13.9. The third-order valence-electron chi connectivity index (χ3n) is 4.05. The molecule has 1 heterocycles. The van der Waals surface area contributed by atoms with Crippen molar-refractivity contribution in [3.63, 3.8) is 0 Å². The van der Waals surface area contributed by atoms with Crippen molar-refractivity contribution in [2.75, 3.05) is 13.2 Å². The van der Waals surface area contributed by atoms with E-state index < -0.39 is 0 Å². The average molecular weight is 223 g/mol. The van der Waals surface area contributed by atoms with Gasteiger partial charge in [-0.15, -0.1) is 0 Å². The first-order valence-corrected chi connectivity index (χ1v) is 6.10. The van der Waals surface area contributed by atoms with Crippen LogP contribution in [0.25, 0.3) is 0 Å². The molecule has 1 aliphatic carbocycles. The maximum Gasteiger partial charge on any atom is 0.0494 e. The number of aliphatic hydroxyl groups excluding tert-OH is 1. The van der Waals surface area contributed by atoms with Crippen LogP contribution in [-0.2, 0) is 6.54 Å². The quantitative estimate of drug-likeness (QED) is 0.786. The summed E-state index contributed by atoms with van der Waals surface area (Å²) in [4.78, 5) is 0. The van der Waals surface area contributed by atoms with E-state index in [0.717, 1.165) is 19.4 Å². The molecule has 0 spiro atoms. The summed E-state index contributed by atoms with van der Waals surface area (Å²) in [5.74, 6) is 0.244. The highest BCUT2D eigenvalue weighted by atomic mass is 16.3. The van der Waals surface area contributed by atoms with Gasteiger partial charge in [0.25, 0.3) is 0 Å². The number of nitrogens with two attached hydrogens (primary N) is 1. The van der Waals surface area contributed by atoms with Crippen molar-refractivity contribution < 1.29 is 5.11 Å². The summed E-state index contributed by atoms with van der Waals surface area (Å²) in [5.41, 5.74) is 7.10. The zero-order valence-electron chi connectivity index (χ0n) is 9.89. The standard InChI is InChI=1S/C12H21N3O/c1-2-15-11(4-7-14-15)10(8-13)12(9-16)5-3-6-12/h4,7,10,16H,2-3,5-6,8-9,13H2,1H3. The lowest BCUT2D eigenvalue weighted by Crippen LogP contribution is -2.43. The Morgan fingerprint density at radius 1 is 1.62 bits per heavy atom. The molecule has 90 valence electrons. The summed E-state index contributed by atoms with van der Waals surface area (Å²) in [7, 11) is 0. The second-order valence-corrected chi connectivity index (χ2v) is 4.73. The average Bonchev–Trinajstić information content (AvgIpc) is 2.70. The van der Waals surface area contributed by atoms with E-state index in [0.29, 0.717) is 6.54 Å². The second kappa shape index (κ2) is 4.55. The lowest BCUT2D eigenvalue weighted by Gasteiger charge is -2.46. The first-order chi connectivity index (χ1) is 7.77. The monoisotopic (exact) mass is 223 g/mol. The van der Waals surface area contributed by atoms with Crippen LogP contribution in [-0.4, -0.2) is 28.0 Å². The molecule has 0 radical (unpaired) electrons. The van der Waals surface area contributed by atoms with Crippen molar-refractivity contribution in [3.05, 3.63) is 18.0 Å². The molecule has 1 aliphatic rings. The van der Waals surface area contributed by atoms with E-state index in [2.05, 4.69) is 12.0 Å². The van der Waals surface area contributed by atoms with Gasteiger partial charge in [-0.3, -0.25) is 4.68 Å². The Bertz CT molecular complexity index is 338. The first-order valence-electron chi connectivity index (χ1n) is 6.10. The van der Waals surface area contributed by atoms with E-state index in [1.807, 2.05) is 16.9 Å². The van der Waals surface area contributed by atoms with Gasteiger partial charge in [0.05, 0.1) is 0 Å². The molecule has 3 N–H and O–H groups in total. The number of hydrogen-bond acceptors (Lipinski definition) is 3. The minimum Gasteiger partial charge on any atom is -0.396 e. The number of aryl methyl sites for hydroxylation is 1. The maximum absolute atomic E-state index is 9.62. The van der Waals surface area contributed by atoms with Crippen molar-refractivity contribution in [1.82, 2.24) is 9.78 Å². The normalized spacial score (nSPS) is 20.4. The molecule has 16 heavy (non-hydrogen) atoms. The first kappa shape index (κ1) is 11.6. The van der Waals surface area contributed by atoms with Crippen LogP contribution >= 0.6 is 0 Å². The van der Waals surface area contributed by atoms with Crippen molar-refractivity contribution in [2.45, 2.75) is 38.6 Å². The van der Waals surface area contributed by atoms with Crippen LogP contribution in [0.1, 0.15) is 37.8 Å². The molecule has 1 atom stereocenters. The van der Waals surface area contributed by atoms with Crippen LogP contribution in [0.4, 0.5) is 0 Å². The fourth-order valence-corrected chi connectivity index (χ4v) is 2.84. The summed E-state index contributed by atoms with van der Waals surface area (Å²) in [6.45, 7) is 3.77. The topological polar surface area (TPSA) is 64.1 Å². The SMILES string of the molecule is CCn1nccc1C(CN)C1(CO)CCC1. The van der Waals surface area contributed by atoms with Crippen LogP contribution in [0.5, 0.6) is 0 Å². The largest absolute Gasteiger partial charge is 0.396 e. The van der Waals surface area contributed by atoms with E-state index in [1.165, 1.54) is 12.1 Å². The fraction of sp³-hybridized carbons (Fsp3) is 0.750. The summed E-state index contributed by atoms with van der Waals surface area (Å²) in [6, 6.07) is 2.04. The van der Waals surface area contributed by atoms with Gasteiger partial charge in [0.15, 0.2) is 0 Å². The minimum absolute atomic E-state index is 0.0156. The minimum atomic E-state index is 0.0156. The van der Waals surface area contributed by atoms with E-state index in [4.69, 9.17) is 5.73 Å². The second-order valence-electron chi connectivity index (χ2n) is 4.73. The number of aliphatic hydroxyl groups is 1. The van der Waals surface area contributed by atoms with Gasteiger partial charge in [-0.1, -0.05) is 6.42 Å². The van der Waals surface area contributed by atoms with Gasteiger partial charge < -0.3 is 10.8 Å². The Morgan fingerprint density at radius 2 is 2.38 bits per heavy atom. The molecular weight excluding hydrogens is 202 g/mol. The Kier molecular flexibility index (Phi) is 3.30. The van der Waals surface area contributed by atoms with Crippen molar-refractivity contribution in [1.29, 1.82) is 0 Å². The molecule has 0 aliphatic heterocycles. The summed E-state index contributed by atoms with van der Waals surface area (Å²) < 4.78 is 1.99. The molecule has 1 fully saturated rings. The van der Waals surface area contributed by atoms with Crippen LogP contribution in [0.3, 0.4) is 0 Å². The zero-order chi connectivity index (χ0) is 11.6. The van der Waals surface area contributed by atoms with Crippen LogP contribution in [0.2, 0.25) is 0 Å². The van der Waals surface area contributed by atoms with Crippen LogP contribution in [0.15, 0.2) is 12.3 Å². The highest BCUT2D eigenvalue weighted by Crippen LogP contribution is 2.50. The molecule has 1 aromatic rings. The summed E-state index contributed by atoms with van der Waals surface area (Å²) >= 11 is 0. The highest BCUT2D eigenvalue weighted by Gasteiger charge is 2.44. The highest BCUT2D eigenvalue weighted by molar-refractivity contribution is 5.16. The smallest absolute Gasteiger partial charge is 0.0494 e. The third kappa shape index (κ3) is 1.66. The molecule has 1 saturated carbocycles. The molecule has 0 saturated heterocycles. The van der Waals surface area contributed by atoms with E-state index in [1.54, 1.807) is 0 Å². The number of hydrogen-bond donors (Lipinski definition) is 2. The van der Waals surface area contributed by atoms with Crippen LogP contribution < -0.4 is 5.73 Å². The molecular formula is C12H21N3O. The van der Waals surface area contributed by atoms with Crippen LogP contribution in [0, 0.1) is 5.41 Å². The lowest BCUT2D eigenvalue weighted by molar-refractivity contribution is 0.0166. The Labute approximate surface area is 96.5 Å². The van der Waals surface area contributed by atoms with Crippen molar-refractivity contribution in [3.8, 4) is 0 Å². The molecule has 0 amide bonds. The van der Waals surface area contributed by atoms with Gasteiger partial charge in [-0.05, 0) is 25.8 Å². The van der Waals surface area contributed by atoms with Gasteiger partial charge in [-0.2, -0.15) is 5.10 Å². The Morgan fingerprint density at radius 3 is 2.81 bits per heavy atom. The van der Waals surface area contributed by atoms with E-state index >= 15 is 0 Å². The number of nitrogens with zero attached hydrogens (tertiary/aromatic N) is 2. The van der Waals surface area contributed by atoms with Gasteiger partial charge in [-0.25, -0.2) is 0 Å². The third-order valence-corrected chi connectivity index (χ3v) is 4.05. The number of aromatic nitrogens is 2. The van der Waals surface area contributed by atoms with E-state index in [9.17, 15) is 5.11 Å². The summed E-state index contributed by atoms with van der Waals surface area (Å²) in [6.07, 6.45) is 5.20. The Hall–Kier alpha value is -0.870. The molecule has 4 nitrogen and oxygen atoms in total. The van der Waals surface area contributed by atoms with Crippen molar-refractivity contribution in [2.24, 2.45) is 11.1 Å². The van der Waals surface area contributed by atoms with Gasteiger partial charge >= 0.3 is 0 Å². The van der Waals surface area contributed by atoms with Gasteiger partial charge in [0.2, 0.25) is 0 Å². The molecule has 1 aromatic heterocycles. The number of rotatable bonds is 5. The molecule has 1 unspecified atom stereocenters. The van der Waals surface area contributed by atoms with E-state index in [-0.39, 0.29) is 17.9 Å². The molecule has 2 rings (SSSR count). The molecule has 4 heteroatoms. The molecule has 0 aromatic carbocycles. The zero-order valence-corrected chi connectivity index (χ0v) is 9.89. The predicted molar refractivity (Wildman–Crippen MR) is 63.1 cm³/mol.